The lowest BCUT2D eigenvalue weighted by Crippen LogP contribution is -2.68. The summed E-state index contributed by atoms with van der Waals surface area (Å²) >= 11 is 0. The van der Waals surface area contributed by atoms with E-state index < -0.39 is 16.3 Å². The Labute approximate surface area is 172 Å². The Hall–Kier alpha value is -1.76. The number of hydrogen-bond acceptors (Lipinski definition) is 7. The zero-order valence-corrected chi connectivity index (χ0v) is 17.7. The third-order valence-corrected chi connectivity index (χ3v) is 5.64. The molecule has 0 aromatic heterocycles. The van der Waals surface area contributed by atoms with E-state index in [4.69, 9.17) is 0 Å². The van der Waals surface area contributed by atoms with Crippen molar-refractivity contribution in [2.45, 2.75) is 44.8 Å². The number of anilines is 1. The lowest BCUT2D eigenvalue weighted by molar-refractivity contribution is 0.194. The number of amides is 2. The Kier molecular flexibility index (Phi) is 7.44. The molecule has 1 aromatic carbocycles. The zero-order valence-electron chi connectivity index (χ0n) is 16.8. The van der Waals surface area contributed by atoms with E-state index in [1.165, 1.54) is 11.1 Å². The summed E-state index contributed by atoms with van der Waals surface area (Å²) in [7, 11) is -3.19. The fourth-order valence-electron chi connectivity index (χ4n) is 3.59. The molecule has 162 valence electrons. The third-order valence-electron chi connectivity index (χ3n) is 4.91. The molecule has 0 spiro atoms. The lowest BCUT2D eigenvalue weighted by Gasteiger charge is -2.36. The van der Waals surface area contributed by atoms with Gasteiger partial charge in [0.2, 0.25) is 10.0 Å². The monoisotopic (exact) mass is 425 g/mol. The van der Waals surface area contributed by atoms with Gasteiger partial charge in [-0.05, 0) is 49.6 Å². The van der Waals surface area contributed by atoms with Crippen LogP contribution in [0.15, 0.2) is 18.2 Å². The molecule has 3 unspecified atom stereocenters. The molecular weight excluding hydrogens is 394 g/mol. The molecule has 0 radical (unpaired) electrons. The number of urea groups is 1. The van der Waals surface area contributed by atoms with E-state index in [-0.39, 0.29) is 18.2 Å². The molecule has 1 saturated heterocycles. The molecule has 2 amide bonds. The minimum Gasteiger partial charge on any atom is -0.312 e. The number of fused-ring (bicyclic) bond motifs is 1. The molecule has 11 heteroatoms. The second-order valence-electron chi connectivity index (χ2n) is 7.59. The van der Waals surface area contributed by atoms with Crippen molar-refractivity contribution in [1.29, 1.82) is 0 Å². The first-order chi connectivity index (χ1) is 13.8. The van der Waals surface area contributed by atoms with E-state index in [1.807, 2.05) is 19.1 Å². The molecule has 1 fully saturated rings. The van der Waals surface area contributed by atoms with Crippen LogP contribution in [0, 0.1) is 0 Å². The van der Waals surface area contributed by atoms with Crippen LogP contribution in [0.25, 0.3) is 0 Å². The maximum Gasteiger partial charge on any atom is 0.321 e. The summed E-state index contributed by atoms with van der Waals surface area (Å²) in [5.41, 5.74) is 3.29. The first-order valence-corrected chi connectivity index (χ1v) is 11.8. The van der Waals surface area contributed by atoms with E-state index >= 15 is 0 Å². The molecule has 29 heavy (non-hydrogen) atoms. The van der Waals surface area contributed by atoms with E-state index in [1.54, 1.807) is 0 Å². The molecule has 3 rings (SSSR count). The summed E-state index contributed by atoms with van der Waals surface area (Å²) in [6.45, 7) is 4.63. The van der Waals surface area contributed by atoms with Gasteiger partial charge in [-0.25, -0.2) is 17.9 Å². The Morgan fingerprint density at radius 3 is 2.83 bits per heavy atom. The van der Waals surface area contributed by atoms with E-state index in [2.05, 4.69) is 42.7 Å². The SMILES string of the molecule is CC1CC(NCCNS(C)(=O)=O)NC(NC(=O)Nc2ccc3c(c2)CNCC3)N1. The summed E-state index contributed by atoms with van der Waals surface area (Å²) in [6, 6.07) is 5.87. The van der Waals surface area contributed by atoms with Crippen LogP contribution in [0.2, 0.25) is 0 Å². The quantitative estimate of drug-likeness (QED) is 0.284. The van der Waals surface area contributed by atoms with Crippen LogP contribution in [-0.2, 0) is 23.0 Å². The van der Waals surface area contributed by atoms with Crippen LogP contribution in [0.5, 0.6) is 0 Å². The molecule has 2 heterocycles. The molecule has 0 saturated carbocycles. The Bertz CT molecular complexity index is 818. The molecule has 2 aliphatic rings. The highest BCUT2D eigenvalue weighted by atomic mass is 32.2. The number of sulfonamides is 1. The predicted molar refractivity (Wildman–Crippen MR) is 113 cm³/mol. The second kappa shape index (κ2) is 9.83. The van der Waals surface area contributed by atoms with Crippen molar-refractivity contribution in [3.05, 3.63) is 29.3 Å². The number of hydrogen-bond donors (Lipinski definition) is 7. The molecule has 7 N–H and O–H groups in total. The van der Waals surface area contributed by atoms with Gasteiger partial charge in [-0.3, -0.25) is 10.6 Å². The predicted octanol–water partition coefficient (Wildman–Crippen LogP) is -0.826. The number of nitrogens with one attached hydrogen (secondary N) is 7. The van der Waals surface area contributed by atoms with Gasteiger partial charge in [0.15, 0.2) is 0 Å². The third kappa shape index (κ3) is 7.21. The van der Waals surface area contributed by atoms with Gasteiger partial charge in [0.25, 0.3) is 0 Å². The summed E-state index contributed by atoms with van der Waals surface area (Å²) in [5, 5.41) is 18.9. The van der Waals surface area contributed by atoms with Crippen molar-refractivity contribution in [2.24, 2.45) is 0 Å². The van der Waals surface area contributed by atoms with E-state index in [0.717, 1.165) is 37.9 Å². The Morgan fingerprint density at radius 2 is 2.03 bits per heavy atom. The summed E-state index contributed by atoms with van der Waals surface area (Å²) in [4.78, 5) is 12.4. The molecule has 3 atom stereocenters. The zero-order chi connectivity index (χ0) is 20.9. The topological polar surface area (TPSA) is 135 Å². The van der Waals surface area contributed by atoms with Gasteiger partial charge >= 0.3 is 6.03 Å². The van der Waals surface area contributed by atoms with Crippen molar-refractivity contribution in [3.8, 4) is 0 Å². The maximum absolute atomic E-state index is 12.4. The van der Waals surface area contributed by atoms with Gasteiger partial charge in [0, 0.05) is 31.4 Å². The summed E-state index contributed by atoms with van der Waals surface area (Å²) in [5.74, 6) is 0. The highest BCUT2D eigenvalue weighted by Gasteiger charge is 2.25. The fraction of sp³-hybridized carbons (Fsp3) is 0.611. The highest BCUT2D eigenvalue weighted by Crippen LogP contribution is 2.18. The van der Waals surface area contributed by atoms with Crippen LogP contribution in [0.4, 0.5) is 10.5 Å². The van der Waals surface area contributed by atoms with Gasteiger partial charge in [-0.2, -0.15) is 0 Å². The van der Waals surface area contributed by atoms with Crippen molar-refractivity contribution < 1.29 is 13.2 Å². The van der Waals surface area contributed by atoms with Gasteiger partial charge in [-0.15, -0.1) is 0 Å². The highest BCUT2D eigenvalue weighted by molar-refractivity contribution is 7.88. The second-order valence-corrected chi connectivity index (χ2v) is 9.42. The molecule has 2 aliphatic heterocycles. The number of carbonyl (C=O) groups excluding carboxylic acids is 1. The van der Waals surface area contributed by atoms with Crippen molar-refractivity contribution in [3.63, 3.8) is 0 Å². The van der Waals surface area contributed by atoms with Crippen LogP contribution in [0.1, 0.15) is 24.5 Å². The number of benzene rings is 1. The molecule has 1 aromatic rings. The Balaban J connectivity index is 1.46. The van der Waals surface area contributed by atoms with Crippen LogP contribution in [-0.4, -0.2) is 58.8 Å². The fourth-order valence-corrected chi connectivity index (χ4v) is 4.06. The van der Waals surface area contributed by atoms with E-state index in [9.17, 15) is 13.2 Å². The van der Waals surface area contributed by atoms with Crippen molar-refractivity contribution in [1.82, 2.24) is 31.3 Å². The maximum atomic E-state index is 12.4. The molecular formula is C18H31N7O3S. The number of rotatable bonds is 7. The minimum absolute atomic E-state index is 0.0484. The average molecular weight is 426 g/mol. The van der Waals surface area contributed by atoms with Gasteiger partial charge < -0.3 is 21.3 Å². The Morgan fingerprint density at radius 1 is 1.21 bits per heavy atom. The molecule has 10 nitrogen and oxygen atoms in total. The number of carbonyl (C=O) groups is 1. The average Bonchev–Trinajstić information content (AvgIpc) is 2.64. The van der Waals surface area contributed by atoms with Crippen molar-refractivity contribution in [2.75, 3.05) is 31.2 Å². The van der Waals surface area contributed by atoms with Crippen molar-refractivity contribution >= 4 is 21.7 Å². The summed E-state index contributed by atoms with van der Waals surface area (Å²) in [6.07, 6.45) is 2.49. The first-order valence-electron chi connectivity index (χ1n) is 9.89. The van der Waals surface area contributed by atoms with Crippen LogP contribution < -0.4 is 36.6 Å². The molecule has 0 bridgehead atoms. The van der Waals surface area contributed by atoms with E-state index in [0.29, 0.717) is 13.1 Å². The van der Waals surface area contributed by atoms with Crippen LogP contribution in [0.3, 0.4) is 0 Å². The van der Waals surface area contributed by atoms with Gasteiger partial charge in [0.05, 0.1) is 12.4 Å². The first kappa shape index (κ1) is 21.9. The largest absolute Gasteiger partial charge is 0.321 e. The standard InChI is InChI=1S/C18H31N7O3S/c1-12-9-16(20-7-8-21-29(2,27)28)24-17(22-12)25-18(26)23-15-4-3-13-5-6-19-11-14(13)10-15/h3-4,10,12,16-17,19-22,24H,5-9,11H2,1-2H3,(H2,23,25,26). The summed E-state index contributed by atoms with van der Waals surface area (Å²) < 4.78 is 24.7. The minimum atomic E-state index is -3.19. The van der Waals surface area contributed by atoms with Crippen LogP contribution >= 0.6 is 0 Å². The molecule has 0 aliphatic carbocycles. The van der Waals surface area contributed by atoms with Gasteiger partial charge in [-0.1, -0.05) is 6.07 Å². The van der Waals surface area contributed by atoms with Gasteiger partial charge in [0.1, 0.15) is 6.29 Å². The normalized spacial score (nSPS) is 24.6. The smallest absolute Gasteiger partial charge is 0.312 e. The lowest BCUT2D eigenvalue weighted by atomic mass is 10.0.